The summed E-state index contributed by atoms with van der Waals surface area (Å²) in [4.78, 5) is 8.40. The number of hydrogen-bond acceptors (Lipinski definition) is 5. The molecule has 0 aliphatic rings. The van der Waals surface area contributed by atoms with E-state index in [0.29, 0.717) is 16.6 Å². The van der Waals surface area contributed by atoms with Gasteiger partial charge in [0.2, 0.25) is 5.88 Å². The summed E-state index contributed by atoms with van der Waals surface area (Å²) in [5, 5.41) is 0.651. The summed E-state index contributed by atoms with van der Waals surface area (Å²) in [5.74, 6) is 6.07. The lowest BCUT2D eigenvalue weighted by molar-refractivity contribution is 0.383. The highest BCUT2D eigenvalue weighted by Crippen LogP contribution is 2.31. The van der Waals surface area contributed by atoms with Crippen LogP contribution in [0.25, 0.3) is 0 Å². The fraction of sp³-hybridized carbons (Fsp3) is 0.231. The first-order chi connectivity index (χ1) is 9.19. The molecule has 2 rings (SSSR count). The molecule has 0 saturated carbocycles. The number of hydrogen-bond donors (Lipinski definition) is 2. The maximum Gasteiger partial charge on any atom is 0.237 e. The van der Waals surface area contributed by atoms with Crippen LogP contribution in [0.15, 0.2) is 30.6 Å². The molecule has 5 nitrogen and oxygen atoms in total. The van der Waals surface area contributed by atoms with E-state index >= 15 is 0 Å². The second kappa shape index (κ2) is 5.97. The Hall–Kier alpha value is -1.69. The summed E-state index contributed by atoms with van der Waals surface area (Å²) < 4.78 is 5.21. The third-order valence-corrected chi connectivity index (χ3v) is 3.37. The third-order valence-electron chi connectivity index (χ3n) is 2.86. The van der Waals surface area contributed by atoms with Gasteiger partial charge < -0.3 is 4.74 Å². The monoisotopic (exact) mass is 278 g/mol. The molecule has 2 aromatic rings. The van der Waals surface area contributed by atoms with Gasteiger partial charge in [0.1, 0.15) is 5.69 Å². The molecule has 0 fully saturated rings. The van der Waals surface area contributed by atoms with Gasteiger partial charge in [-0.2, -0.15) is 0 Å². The zero-order chi connectivity index (χ0) is 13.8. The number of ether oxygens (including phenoxy) is 1. The van der Waals surface area contributed by atoms with Gasteiger partial charge in [0.15, 0.2) is 0 Å². The molecule has 3 N–H and O–H groups in total. The van der Waals surface area contributed by atoms with Crippen molar-refractivity contribution in [2.75, 3.05) is 7.11 Å². The number of hydrazine groups is 1. The molecule has 1 heterocycles. The van der Waals surface area contributed by atoms with E-state index in [0.717, 1.165) is 11.1 Å². The Bertz CT molecular complexity index is 576. The third kappa shape index (κ3) is 2.68. The van der Waals surface area contributed by atoms with Crippen molar-refractivity contribution in [3.63, 3.8) is 0 Å². The summed E-state index contributed by atoms with van der Waals surface area (Å²) in [7, 11) is 1.54. The zero-order valence-corrected chi connectivity index (χ0v) is 11.5. The topological polar surface area (TPSA) is 73.1 Å². The normalized spacial score (nSPS) is 12.2. The Morgan fingerprint density at radius 2 is 2.05 bits per heavy atom. The Balaban J connectivity index is 2.53. The van der Waals surface area contributed by atoms with Gasteiger partial charge in [0, 0.05) is 17.4 Å². The van der Waals surface area contributed by atoms with Crippen LogP contribution in [0.4, 0.5) is 0 Å². The molecular weight excluding hydrogens is 264 g/mol. The summed E-state index contributed by atoms with van der Waals surface area (Å²) >= 11 is 6.33. The zero-order valence-electron chi connectivity index (χ0n) is 10.7. The van der Waals surface area contributed by atoms with Gasteiger partial charge in [-0.1, -0.05) is 29.8 Å². The molecule has 1 aromatic carbocycles. The quantitative estimate of drug-likeness (QED) is 0.661. The molecule has 0 spiro atoms. The molecule has 0 amide bonds. The van der Waals surface area contributed by atoms with Crippen LogP contribution in [-0.2, 0) is 0 Å². The molecule has 100 valence electrons. The molecule has 1 atom stereocenters. The van der Waals surface area contributed by atoms with Crippen LogP contribution >= 0.6 is 11.6 Å². The van der Waals surface area contributed by atoms with Gasteiger partial charge in [-0.05, 0) is 18.1 Å². The minimum Gasteiger partial charge on any atom is -0.480 e. The van der Waals surface area contributed by atoms with Crippen LogP contribution in [-0.4, -0.2) is 17.1 Å². The molecule has 0 bridgehead atoms. The van der Waals surface area contributed by atoms with Crippen molar-refractivity contribution >= 4 is 11.6 Å². The maximum absolute atomic E-state index is 6.33. The number of methoxy groups -OCH3 is 1. The molecule has 6 heteroatoms. The average Bonchev–Trinajstić information content (AvgIpc) is 2.45. The smallest absolute Gasteiger partial charge is 0.237 e. The van der Waals surface area contributed by atoms with Crippen LogP contribution in [0.5, 0.6) is 5.88 Å². The first-order valence-electron chi connectivity index (χ1n) is 5.75. The number of aryl methyl sites for hydroxylation is 1. The maximum atomic E-state index is 6.33. The van der Waals surface area contributed by atoms with E-state index < -0.39 is 0 Å². The second-order valence-electron chi connectivity index (χ2n) is 4.03. The highest BCUT2D eigenvalue weighted by molar-refractivity contribution is 6.32. The summed E-state index contributed by atoms with van der Waals surface area (Å²) in [5.41, 5.74) is 5.12. The number of rotatable bonds is 4. The van der Waals surface area contributed by atoms with E-state index in [9.17, 15) is 0 Å². The Labute approximate surface area is 116 Å². The number of nitrogens with two attached hydrogens (primary N) is 1. The van der Waals surface area contributed by atoms with E-state index in [4.69, 9.17) is 22.2 Å². The predicted octanol–water partition coefficient (Wildman–Crippen LogP) is 2.00. The van der Waals surface area contributed by atoms with Crippen molar-refractivity contribution in [2.24, 2.45) is 5.84 Å². The molecule has 0 saturated heterocycles. The minimum absolute atomic E-state index is 0.379. The molecular formula is C13H15ClN4O. The molecule has 1 aromatic heterocycles. The molecule has 19 heavy (non-hydrogen) atoms. The number of nitrogens with one attached hydrogen (secondary N) is 1. The molecule has 0 aliphatic heterocycles. The van der Waals surface area contributed by atoms with Crippen LogP contribution < -0.4 is 16.0 Å². The van der Waals surface area contributed by atoms with Crippen LogP contribution in [0, 0.1) is 6.92 Å². The van der Waals surface area contributed by atoms with Crippen molar-refractivity contribution in [1.29, 1.82) is 0 Å². The van der Waals surface area contributed by atoms with Gasteiger partial charge in [0.05, 0.1) is 13.2 Å². The first-order valence-corrected chi connectivity index (χ1v) is 6.12. The van der Waals surface area contributed by atoms with Crippen molar-refractivity contribution < 1.29 is 4.74 Å². The van der Waals surface area contributed by atoms with E-state index in [2.05, 4.69) is 15.4 Å². The van der Waals surface area contributed by atoms with E-state index in [1.54, 1.807) is 19.5 Å². The largest absolute Gasteiger partial charge is 0.480 e. The second-order valence-corrected chi connectivity index (χ2v) is 4.41. The molecule has 1 unspecified atom stereocenters. The fourth-order valence-electron chi connectivity index (χ4n) is 1.90. The summed E-state index contributed by atoms with van der Waals surface area (Å²) in [6.07, 6.45) is 3.15. The number of aromatic nitrogens is 2. The lowest BCUT2D eigenvalue weighted by Gasteiger charge is -2.19. The van der Waals surface area contributed by atoms with E-state index in [1.165, 1.54) is 0 Å². The van der Waals surface area contributed by atoms with Crippen molar-refractivity contribution in [3.8, 4) is 5.88 Å². The highest BCUT2D eigenvalue weighted by atomic mass is 35.5. The van der Waals surface area contributed by atoms with Gasteiger partial charge in [-0.25, -0.2) is 10.4 Å². The number of benzene rings is 1. The van der Waals surface area contributed by atoms with Gasteiger partial charge in [-0.3, -0.25) is 10.8 Å². The highest BCUT2D eigenvalue weighted by Gasteiger charge is 2.22. The number of halogens is 1. The van der Waals surface area contributed by atoms with Crippen LogP contribution in [0.1, 0.15) is 22.9 Å². The van der Waals surface area contributed by atoms with E-state index in [-0.39, 0.29) is 6.04 Å². The first kappa shape index (κ1) is 13.7. The van der Waals surface area contributed by atoms with Crippen LogP contribution in [0.3, 0.4) is 0 Å². The lowest BCUT2D eigenvalue weighted by atomic mass is 10.0. The molecule has 0 radical (unpaired) electrons. The van der Waals surface area contributed by atoms with Gasteiger partial charge >= 0.3 is 0 Å². The van der Waals surface area contributed by atoms with E-state index in [1.807, 2.05) is 25.1 Å². The van der Waals surface area contributed by atoms with Crippen molar-refractivity contribution in [1.82, 2.24) is 15.4 Å². The fourth-order valence-corrected chi connectivity index (χ4v) is 2.14. The average molecular weight is 279 g/mol. The summed E-state index contributed by atoms with van der Waals surface area (Å²) in [6.45, 7) is 1.94. The van der Waals surface area contributed by atoms with Crippen molar-refractivity contribution in [2.45, 2.75) is 13.0 Å². The van der Waals surface area contributed by atoms with Gasteiger partial charge in [-0.15, -0.1) is 0 Å². The number of nitrogens with zero attached hydrogens (tertiary/aromatic N) is 2. The summed E-state index contributed by atoms with van der Waals surface area (Å²) in [6, 6.07) is 5.38. The predicted molar refractivity (Wildman–Crippen MR) is 73.9 cm³/mol. The Morgan fingerprint density at radius 1 is 1.32 bits per heavy atom. The SMILES string of the molecule is COc1nccnc1C(NN)c1cccc(C)c1Cl. The van der Waals surface area contributed by atoms with Crippen molar-refractivity contribution in [3.05, 3.63) is 52.4 Å². The Morgan fingerprint density at radius 3 is 2.74 bits per heavy atom. The minimum atomic E-state index is -0.379. The lowest BCUT2D eigenvalue weighted by Crippen LogP contribution is -2.30. The Kier molecular flexibility index (Phi) is 4.31. The van der Waals surface area contributed by atoms with Crippen LogP contribution in [0.2, 0.25) is 5.02 Å². The molecule has 0 aliphatic carbocycles. The standard InChI is InChI=1S/C13H15ClN4O/c1-8-4-3-5-9(10(8)14)11(18-15)12-13(19-2)17-7-6-16-12/h3-7,11,18H,15H2,1-2H3. The van der Waals surface area contributed by atoms with Gasteiger partial charge in [0.25, 0.3) is 0 Å².